The van der Waals surface area contributed by atoms with Gasteiger partial charge in [-0.15, -0.1) is 0 Å². The fourth-order valence-corrected chi connectivity index (χ4v) is 2.35. The number of alkyl carbamates (subject to hydrolysis) is 1. The minimum atomic E-state index is -0.593. The molecule has 2 amide bonds. The largest absolute Gasteiger partial charge is 0.447 e. The number of nitrogens with one attached hydrogen (secondary N) is 3. The van der Waals surface area contributed by atoms with E-state index in [1.807, 2.05) is 0 Å². The van der Waals surface area contributed by atoms with Gasteiger partial charge in [0, 0.05) is 5.69 Å². The topological polar surface area (TPSA) is 96.1 Å². The van der Waals surface area contributed by atoms with Crippen molar-refractivity contribution in [3.63, 3.8) is 0 Å². The summed E-state index contributed by atoms with van der Waals surface area (Å²) in [7, 11) is 0. The van der Waals surface area contributed by atoms with Crippen LogP contribution in [0.15, 0.2) is 0 Å². The van der Waals surface area contributed by atoms with E-state index in [0.29, 0.717) is 6.54 Å². The first-order valence-electron chi connectivity index (χ1n) is 6.00. The summed E-state index contributed by atoms with van der Waals surface area (Å²) in [4.78, 5) is 22.6. The summed E-state index contributed by atoms with van der Waals surface area (Å²) < 4.78 is 4.66. The molecule has 96 valence electrons. The number of carbonyl (C=O) groups excluding carboxylic acids is 2. The van der Waals surface area contributed by atoms with Crippen LogP contribution in [0.25, 0.3) is 0 Å². The lowest BCUT2D eigenvalue weighted by Crippen LogP contribution is -2.42. The summed E-state index contributed by atoms with van der Waals surface area (Å²) in [6, 6.07) is -0.593. The fraction of sp³-hybridized carbons (Fsp3) is 0.545. The highest BCUT2D eigenvalue weighted by atomic mass is 16.6. The number of ether oxygens (including phenoxy) is 1. The minimum absolute atomic E-state index is 0.0866. The Morgan fingerprint density at radius 3 is 3.17 bits per heavy atom. The maximum atomic E-state index is 11.7. The number of cyclic esters (lactones) is 1. The quantitative estimate of drug-likeness (QED) is 0.681. The van der Waals surface area contributed by atoms with Gasteiger partial charge in [0.25, 0.3) is 0 Å². The Labute approximate surface area is 103 Å². The van der Waals surface area contributed by atoms with Crippen molar-refractivity contribution >= 4 is 12.0 Å². The molecule has 7 nitrogen and oxygen atoms in total. The third-order valence-electron chi connectivity index (χ3n) is 3.31. The number of hydrogen-bond donors (Lipinski definition) is 3. The number of carbonyl (C=O) groups is 2. The first kappa shape index (κ1) is 11.1. The number of aromatic amines is 1. The molecule has 3 N–H and O–H groups in total. The number of aryl methyl sites for hydroxylation is 1. The third kappa shape index (κ3) is 1.92. The highest BCUT2D eigenvalue weighted by Gasteiger charge is 2.29. The van der Waals surface area contributed by atoms with Gasteiger partial charge in [0.05, 0.1) is 12.2 Å². The van der Waals surface area contributed by atoms with Crippen molar-refractivity contribution in [3.8, 4) is 0 Å². The summed E-state index contributed by atoms with van der Waals surface area (Å²) in [6.07, 6.45) is 2.64. The van der Waals surface area contributed by atoms with Gasteiger partial charge in [-0.1, -0.05) is 0 Å². The van der Waals surface area contributed by atoms with Crippen molar-refractivity contribution in [2.45, 2.75) is 31.8 Å². The van der Waals surface area contributed by atoms with E-state index in [1.54, 1.807) is 0 Å². The SMILES string of the molecule is O=C1N[C@H](C(=O)NCc2n[nH]c3c2CCC3)CO1. The van der Waals surface area contributed by atoms with Crippen LogP contribution in [0.1, 0.15) is 23.4 Å². The lowest BCUT2D eigenvalue weighted by molar-refractivity contribution is -0.123. The third-order valence-corrected chi connectivity index (χ3v) is 3.31. The lowest BCUT2D eigenvalue weighted by atomic mass is 10.2. The molecule has 1 atom stereocenters. The minimum Gasteiger partial charge on any atom is -0.447 e. The van der Waals surface area contributed by atoms with E-state index in [1.165, 1.54) is 11.3 Å². The van der Waals surface area contributed by atoms with Gasteiger partial charge in [0.1, 0.15) is 12.6 Å². The van der Waals surface area contributed by atoms with Gasteiger partial charge in [-0.3, -0.25) is 9.89 Å². The Balaban J connectivity index is 1.57. The number of fused-ring (bicyclic) bond motifs is 1. The molecule has 0 saturated carbocycles. The van der Waals surface area contributed by atoms with Gasteiger partial charge in [0.15, 0.2) is 0 Å². The summed E-state index contributed by atoms with van der Waals surface area (Å²) in [5.74, 6) is -0.240. The molecule has 0 unspecified atom stereocenters. The first-order chi connectivity index (χ1) is 8.74. The van der Waals surface area contributed by atoms with Gasteiger partial charge >= 0.3 is 6.09 Å². The summed E-state index contributed by atoms with van der Waals surface area (Å²) >= 11 is 0. The Bertz CT molecular complexity index is 496. The van der Waals surface area contributed by atoms with E-state index in [4.69, 9.17) is 0 Å². The van der Waals surface area contributed by atoms with E-state index >= 15 is 0 Å². The molecule has 3 rings (SSSR count). The second kappa shape index (κ2) is 4.32. The smallest absolute Gasteiger partial charge is 0.407 e. The molecule has 1 aromatic rings. The van der Waals surface area contributed by atoms with E-state index in [-0.39, 0.29) is 12.5 Å². The van der Waals surface area contributed by atoms with Crippen LogP contribution >= 0.6 is 0 Å². The Hall–Kier alpha value is -2.05. The Morgan fingerprint density at radius 2 is 2.39 bits per heavy atom. The molecule has 1 aliphatic heterocycles. The van der Waals surface area contributed by atoms with Crippen molar-refractivity contribution in [1.82, 2.24) is 20.8 Å². The molecule has 2 heterocycles. The summed E-state index contributed by atoms with van der Waals surface area (Å²) in [6.45, 7) is 0.473. The molecule has 7 heteroatoms. The molecule has 0 spiro atoms. The first-order valence-corrected chi connectivity index (χ1v) is 6.00. The maximum Gasteiger partial charge on any atom is 0.407 e. The number of amides is 2. The molecule has 0 bridgehead atoms. The normalized spacial score (nSPS) is 21.3. The highest BCUT2D eigenvalue weighted by Crippen LogP contribution is 2.22. The van der Waals surface area contributed by atoms with Crippen LogP contribution < -0.4 is 10.6 Å². The number of nitrogens with zero attached hydrogens (tertiary/aromatic N) is 1. The summed E-state index contributed by atoms with van der Waals surface area (Å²) in [5.41, 5.74) is 3.29. The van der Waals surface area contributed by atoms with Crippen LogP contribution in [-0.2, 0) is 28.9 Å². The average Bonchev–Trinajstić information content (AvgIpc) is 3.02. The predicted octanol–water partition coefficient (Wildman–Crippen LogP) is -0.377. The monoisotopic (exact) mass is 250 g/mol. The maximum absolute atomic E-state index is 11.7. The van der Waals surface area contributed by atoms with Crippen LogP contribution in [0.3, 0.4) is 0 Å². The van der Waals surface area contributed by atoms with Crippen LogP contribution in [0.2, 0.25) is 0 Å². The highest BCUT2D eigenvalue weighted by molar-refractivity contribution is 5.87. The number of H-pyrrole nitrogens is 1. The molecule has 1 aliphatic carbocycles. The molecule has 1 saturated heterocycles. The molecule has 1 fully saturated rings. The number of hydrogen-bond acceptors (Lipinski definition) is 4. The van der Waals surface area contributed by atoms with Crippen molar-refractivity contribution in [1.29, 1.82) is 0 Å². The van der Waals surface area contributed by atoms with Gasteiger partial charge in [0.2, 0.25) is 5.91 Å². The number of rotatable bonds is 3. The standard InChI is InChI=1S/C11H14N4O3/c16-10(9-5-18-11(17)13-9)12-4-8-6-2-1-3-7(6)14-15-8/h9H,1-5H2,(H,12,16)(H,13,17)(H,14,15)/t9-/m0/s1. The second-order valence-electron chi connectivity index (χ2n) is 4.49. The van der Waals surface area contributed by atoms with Gasteiger partial charge < -0.3 is 15.4 Å². The molecule has 1 aromatic heterocycles. The number of aromatic nitrogens is 2. The second-order valence-corrected chi connectivity index (χ2v) is 4.49. The molecule has 0 aromatic carbocycles. The van der Waals surface area contributed by atoms with E-state index in [9.17, 15) is 9.59 Å². The van der Waals surface area contributed by atoms with Crippen LogP contribution in [0, 0.1) is 0 Å². The zero-order valence-electron chi connectivity index (χ0n) is 9.78. The van der Waals surface area contributed by atoms with Crippen LogP contribution in [0.4, 0.5) is 4.79 Å². The van der Waals surface area contributed by atoms with Crippen molar-refractivity contribution in [2.75, 3.05) is 6.61 Å². The average molecular weight is 250 g/mol. The van der Waals surface area contributed by atoms with E-state index in [2.05, 4.69) is 25.6 Å². The zero-order valence-corrected chi connectivity index (χ0v) is 9.78. The zero-order chi connectivity index (χ0) is 12.5. The molecular formula is C11H14N4O3. The van der Waals surface area contributed by atoms with Crippen molar-refractivity contribution in [3.05, 3.63) is 17.0 Å². The van der Waals surface area contributed by atoms with E-state index in [0.717, 1.165) is 25.0 Å². The molecular weight excluding hydrogens is 236 g/mol. The van der Waals surface area contributed by atoms with Crippen molar-refractivity contribution in [2.24, 2.45) is 0 Å². The van der Waals surface area contributed by atoms with Gasteiger partial charge in [-0.05, 0) is 24.8 Å². The van der Waals surface area contributed by atoms with Crippen LogP contribution in [0.5, 0.6) is 0 Å². The summed E-state index contributed by atoms with van der Waals surface area (Å²) in [5, 5.41) is 12.4. The lowest BCUT2D eigenvalue weighted by Gasteiger charge is -2.08. The van der Waals surface area contributed by atoms with Crippen LogP contribution in [-0.4, -0.2) is 34.8 Å². The predicted molar refractivity (Wildman–Crippen MR) is 60.7 cm³/mol. The molecule has 2 aliphatic rings. The Kier molecular flexibility index (Phi) is 2.66. The van der Waals surface area contributed by atoms with Crippen molar-refractivity contribution < 1.29 is 14.3 Å². The van der Waals surface area contributed by atoms with Gasteiger partial charge in [-0.2, -0.15) is 5.10 Å². The molecule has 18 heavy (non-hydrogen) atoms. The molecule has 0 radical (unpaired) electrons. The fourth-order valence-electron chi connectivity index (χ4n) is 2.35. The Morgan fingerprint density at radius 1 is 1.50 bits per heavy atom. The van der Waals surface area contributed by atoms with Gasteiger partial charge in [-0.25, -0.2) is 4.79 Å². The van der Waals surface area contributed by atoms with E-state index < -0.39 is 12.1 Å².